The van der Waals surface area contributed by atoms with E-state index in [1.165, 1.54) is 59.0 Å². The van der Waals surface area contributed by atoms with Crippen LogP contribution in [-0.2, 0) is 37.1 Å². The fraction of sp³-hybridized carbons (Fsp3) is 0.533. The third kappa shape index (κ3) is 6.60. The summed E-state index contributed by atoms with van der Waals surface area (Å²) in [5.41, 5.74) is -4.35. The SMILES string of the molecule is COc1cnn(CC(C)(C)c2c(C(F)(F)F)cc(C)n(C)c2=O)c(=O)c1C(C)(C)Cn1c(C)cc(OC)c(C(C)SS)c1=O. The highest BCUT2D eigenvalue weighted by Gasteiger charge is 2.41. The van der Waals surface area contributed by atoms with Crippen LogP contribution in [-0.4, -0.2) is 33.1 Å². The number of hydrogen-bond donors (Lipinski definition) is 1. The number of hydrogen-bond acceptors (Lipinski definition) is 8. The first-order chi connectivity index (χ1) is 20.2. The van der Waals surface area contributed by atoms with E-state index in [2.05, 4.69) is 16.8 Å². The Balaban J connectivity index is 2.20. The van der Waals surface area contributed by atoms with E-state index in [4.69, 9.17) is 9.47 Å². The van der Waals surface area contributed by atoms with Gasteiger partial charge in [0.25, 0.3) is 16.7 Å². The van der Waals surface area contributed by atoms with Crippen molar-refractivity contribution in [2.45, 2.75) is 83.8 Å². The highest BCUT2D eigenvalue weighted by atomic mass is 33.1. The molecular formula is C30H39F3N4O5S2. The van der Waals surface area contributed by atoms with Crippen molar-refractivity contribution in [1.82, 2.24) is 18.9 Å². The molecule has 3 aromatic heterocycles. The number of nitrogens with zero attached hydrogens (tertiary/aromatic N) is 4. The Hall–Kier alpha value is -3.13. The van der Waals surface area contributed by atoms with Gasteiger partial charge in [-0.3, -0.25) is 14.4 Å². The molecule has 14 heteroatoms. The zero-order valence-corrected chi connectivity index (χ0v) is 28.3. The topological polar surface area (TPSA) is 97.4 Å². The first kappa shape index (κ1) is 35.4. The molecule has 1 atom stereocenters. The number of ether oxygens (including phenoxy) is 2. The molecule has 0 radical (unpaired) electrons. The maximum atomic E-state index is 14.1. The molecule has 0 N–H and O–H groups in total. The Morgan fingerprint density at radius 1 is 0.886 bits per heavy atom. The molecule has 9 nitrogen and oxygen atoms in total. The Labute approximate surface area is 263 Å². The lowest BCUT2D eigenvalue weighted by Crippen LogP contribution is -2.43. The summed E-state index contributed by atoms with van der Waals surface area (Å²) in [6, 6.07) is 2.69. The maximum absolute atomic E-state index is 14.1. The van der Waals surface area contributed by atoms with Crippen molar-refractivity contribution in [3.63, 3.8) is 0 Å². The van der Waals surface area contributed by atoms with Crippen LogP contribution < -0.4 is 26.2 Å². The van der Waals surface area contributed by atoms with Gasteiger partial charge in [0.2, 0.25) is 0 Å². The average Bonchev–Trinajstić information content (AvgIpc) is 2.92. The minimum atomic E-state index is -4.79. The van der Waals surface area contributed by atoms with E-state index in [1.807, 2.05) is 6.92 Å². The van der Waals surface area contributed by atoms with Crippen molar-refractivity contribution >= 4 is 22.5 Å². The number of rotatable bonds is 10. The standard InChI is InChI=1S/C30H39F3N4O5S2/c1-16-11-19(30(31,32)33)23(26(39)35(16)8)29(6,7)15-37-27(40)24(21(42-10)13-34-37)28(4,5)14-36-17(2)12-20(41-9)22(25(36)38)18(3)44-43/h11-13,18,43H,14-15H2,1-10H3. The molecule has 0 aliphatic carbocycles. The molecule has 0 spiro atoms. The van der Waals surface area contributed by atoms with Gasteiger partial charge >= 0.3 is 6.18 Å². The van der Waals surface area contributed by atoms with E-state index in [9.17, 15) is 27.6 Å². The van der Waals surface area contributed by atoms with E-state index in [0.29, 0.717) is 17.0 Å². The largest absolute Gasteiger partial charge is 0.496 e. The van der Waals surface area contributed by atoms with Gasteiger partial charge in [0.1, 0.15) is 11.5 Å². The number of aromatic nitrogens is 4. The molecule has 0 bridgehead atoms. The molecular weight excluding hydrogens is 617 g/mol. The van der Waals surface area contributed by atoms with E-state index < -0.39 is 39.3 Å². The molecule has 0 amide bonds. The van der Waals surface area contributed by atoms with Gasteiger partial charge in [-0.15, -0.1) is 11.7 Å². The molecule has 3 rings (SSSR count). The van der Waals surface area contributed by atoms with E-state index in [0.717, 1.165) is 15.3 Å². The van der Waals surface area contributed by atoms with Crippen molar-refractivity contribution in [1.29, 1.82) is 0 Å². The number of pyridine rings is 2. The first-order valence-electron chi connectivity index (χ1n) is 13.7. The Bertz CT molecular complexity index is 1740. The van der Waals surface area contributed by atoms with Crippen LogP contribution in [0, 0.1) is 13.8 Å². The van der Waals surface area contributed by atoms with Crippen molar-refractivity contribution < 1.29 is 22.6 Å². The van der Waals surface area contributed by atoms with Gasteiger partial charge in [-0.1, -0.05) is 38.5 Å². The Kier molecular flexibility index (Phi) is 10.2. The van der Waals surface area contributed by atoms with Gasteiger partial charge in [0.15, 0.2) is 0 Å². The van der Waals surface area contributed by atoms with Crippen LogP contribution in [0.15, 0.2) is 32.7 Å². The lowest BCUT2D eigenvalue weighted by molar-refractivity contribution is -0.139. The van der Waals surface area contributed by atoms with Gasteiger partial charge in [-0.25, -0.2) is 4.68 Å². The number of alkyl halides is 3. The number of methoxy groups -OCH3 is 2. The lowest BCUT2D eigenvalue weighted by Gasteiger charge is -2.31. The average molecular weight is 657 g/mol. The van der Waals surface area contributed by atoms with Crippen LogP contribution >= 0.6 is 22.5 Å². The quantitative estimate of drug-likeness (QED) is 0.232. The predicted octanol–water partition coefficient (Wildman–Crippen LogP) is 5.35. The summed E-state index contributed by atoms with van der Waals surface area (Å²) in [5.74, 6) is 0.595. The molecule has 0 saturated carbocycles. The van der Waals surface area contributed by atoms with Crippen LogP contribution in [0.5, 0.6) is 11.5 Å². The lowest BCUT2D eigenvalue weighted by atomic mass is 9.81. The Morgan fingerprint density at radius 2 is 1.45 bits per heavy atom. The minimum Gasteiger partial charge on any atom is -0.496 e. The molecule has 0 aliphatic heterocycles. The highest BCUT2D eigenvalue weighted by Crippen LogP contribution is 2.38. The smallest absolute Gasteiger partial charge is 0.416 e. The third-order valence-corrected chi connectivity index (χ3v) is 9.45. The molecule has 3 aromatic rings. The molecule has 0 aromatic carbocycles. The second-order valence-electron chi connectivity index (χ2n) is 12.2. The molecule has 44 heavy (non-hydrogen) atoms. The summed E-state index contributed by atoms with van der Waals surface area (Å²) in [6.07, 6.45) is -3.47. The second-order valence-corrected chi connectivity index (χ2v) is 13.7. The zero-order valence-electron chi connectivity index (χ0n) is 26.5. The van der Waals surface area contributed by atoms with Crippen molar-refractivity contribution in [2.24, 2.45) is 7.05 Å². The second kappa shape index (κ2) is 12.7. The van der Waals surface area contributed by atoms with Crippen molar-refractivity contribution in [3.05, 3.63) is 83.0 Å². The molecule has 3 heterocycles. The monoisotopic (exact) mass is 656 g/mol. The predicted molar refractivity (Wildman–Crippen MR) is 170 cm³/mol. The van der Waals surface area contributed by atoms with Gasteiger partial charge in [0, 0.05) is 46.6 Å². The number of halogens is 3. The molecule has 242 valence electrons. The summed E-state index contributed by atoms with van der Waals surface area (Å²) in [5, 5.41) is 3.91. The summed E-state index contributed by atoms with van der Waals surface area (Å²) in [6.45, 7) is 11.2. The minimum absolute atomic E-state index is 0.0638. The van der Waals surface area contributed by atoms with Gasteiger partial charge in [-0.05, 0) is 32.9 Å². The molecule has 0 aliphatic rings. The van der Waals surface area contributed by atoms with Crippen LogP contribution in [0.25, 0.3) is 0 Å². The van der Waals surface area contributed by atoms with Crippen LogP contribution in [0.1, 0.15) is 73.5 Å². The molecule has 0 fully saturated rings. The van der Waals surface area contributed by atoms with Crippen molar-refractivity contribution in [3.8, 4) is 11.5 Å². The summed E-state index contributed by atoms with van der Waals surface area (Å²) >= 11 is 4.28. The summed E-state index contributed by atoms with van der Waals surface area (Å²) < 4.78 is 57.2. The highest BCUT2D eigenvalue weighted by molar-refractivity contribution is 8.68. The fourth-order valence-electron chi connectivity index (χ4n) is 5.54. The fourth-order valence-corrected chi connectivity index (χ4v) is 6.18. The molecule has 1 unspecified atom stereocenters. The van der Waals surface area contributed by atoms with E-state index in [-0.39, 0.29) is 40.9 Å². The van der Waals surface area contributed by atoms with Crippen molar-refractivity contribution in [2.75, 3.05) is 14.2 Å². The molecule has 0 saturated heterocycles. The normalized spacial score (nSPS) is 13.2. The maximum Gasteiger partial charge on any atom is 0.416 e. The third-order valence-electron chi connectivity index (χ3n) is 7.95. The zero-order chi connectivity index (χ0) is 33.5. The van der Waals surface area contributed by atoms with Gasteiger partial charge < -0.3 is 18.6 Å². The number of thiol groups is 1. The summed E-state index contributed by atoms with van der Waals surface area (Å²) in [4.78, 5) is 41.0. The summed E-state index contributed by atoms with van der Waals surface area (Å²) in [7, 11) is 5.46. The van der Waals surface area contributed by atoms with Gasteiger partial charge in [-0.2, -0.15) is 18.3 Å². The van der Waals surface area contributed by atoms with Gasteiger partial charge in [0.05, 0.1) is 43.7 Å². The van der Waals surface area contributed by atoms with Crippen LogP contribution in [0.4, 0.5) is 13.2 Å². The van der Waals surface area contributed by atoms with E-state index in [1.54, 1.807) is 31.4 Å². The number of aryl methyl sites for hydroxylation is 2. The Morgan fingerprint density at radius 3 is 1.98 bits per heavy atom. The van der Waals surface area contributed by atoms with E-state index >= 15 is 0 Å². The van der Waals surface area contributed by atoms with Crippen LogP contribution in [0.3, 0.4) is 0 Å². The first-order valence-corrected chi connectivity index (χ1v) is 15.7. The van der Waals surface area contributed by atoms with Crippen LogP contribution in [0.2, 0.25) is 0 Å².